The Bertz CT molecular complexity index is 1560. The number of sulfonamides is 1. The molecule has 3 aromatic carbocycles. The average molecular weight is 548 g/mol. The van der Waals surface area contributed by atoms with Crippen LogP contribution in [0.1, 0.15) is 10.4 Å². The number of hydrogen-bond donors (Lipinski definition) is 2. The summed E-state index contributed by atoms with van der Waals surface area (Å²) in [5, 5.41) is 3.57. The van der Waals surface area contributed by atoms with Crippen LogP contribution in [0.25, 0.3) is 10.9 Å². The molecule has 1 amide bonds. The van der Waals surface area contributed by atoms with Crippen LogP contribution in [0.5, 0.6) is 17.4 Å². The minimum atomic E-state index is -4.20. The fourth-order valence-electron chi connectivity index (χ4n) is 3.39. The third kappa shape index (κ3) is 5.38. The summed E-state index contributed by atoms with van der Waals surface area (Å²) in [5.41, 5.74) is 0.543. The van der Waals surface area contributed by atoms with E-state index < -0.39 is 15.9 Å². The number of halogens is 2. The van der Waals surface area contributed by atoms with E-state index in [0.717, 1.165) is 7.11 Å². The SMILES string of the molecule is CONS(=O)(=O)c1c(Cl)cccc1NC(=O)c1cc2ccccc2nc1Oc1ccc(Cl)cc1OC. The first-order chi connectivity index (χ1) is 17.2. The molecule has 0 bridgehead atoms. The maximum atomic E-state index is 13.5. The second-order valence-corrected chi connectivity index (χ2v) is 9.72. The molecule has 0 spiro atoms. The van der Waals surface area contributed by atoms with Gasteiger partial charge in [0.1, 0.15) is 10.5 Å². The molecule has 1 heterocycles. The van der Waals surface area contributed by atoms with Gasteiger partial charge in [-0.15, -0.1) is 0 Å². The summed E-state index contributed by atoms with van der Waals surface area (Å²) in [7, 11) is -1.61. The minimum absolute atomic E-state index is 0.0340. The van der Waals surface area contributed by atoms with E-state index in [1.54, 1.807) is 48.5 Å². The summed E-state index contributed by atoms with van der Waals surface area (Å²) in [4.78, 5) is 24.0. The van der Waals surface area contributed by atoms with Gasteiger partial charge in [0.05, 0.1) is 30.4 Å². The number of pyridine rings is 1. The molecule has 9 nitrogen and oxygen atoms in total. The number of nitrogens with one attached hydrogen (secondary N) is 2. The van der Waals surface area contributed by atoms with Gasteiger partial charge in [-0.05, 0) is 36.4 Å². The third-order valence-corrected chi connectivity index (χ3v) is 6.97. The Kier molecular flexibility index (Phi) is 7.62. The van der Waals surface area contributed by atoms with Gasteiger partial charge in [0, 0.05) is 16.5 Å². The van der Waals surface area contributed by atoms with Crippen LogP contribution in [0, 0.1) is 0 Å². The van der Waals surface area contributed by atoms with Gasteiger partial charge >= 0.3 is 0 Å². The maximum absolute atomic E-state index is 13.5. The highest BCUT2D eigenvalue weighted by Crippen LogP contribution is 2.36. The first-order valence-corrected chi connectivity index (χ1v) is 12.5. The lowest BCUT2D eigenvalue weighted by Gasteiger charge is -2.16. The number of anilines is 1. The smallest absolute Gasteiger partial charge is 0.266 e. The van der Waals surface area contributed by atoms with Gasteiger partial charge in [-0.1, -0.05) is 52.4 Å². The molecule has 36 heavy (non-hydrogen) atoms. The van der Waals surface area contributed by atoms with Crippen LogP contribution < -0.4 is 19.7 Å². The zero-order valence-corrected chi connectivity index (χ0v) is 21.2. The standard InChI is InChI=1S/C24H19Cl2N3O6S/c1-33-21-13-15(25)10-11-20(21)35-24-16(12-14-6-3-4-8-18(14)28-24)23(30)27-19-9-5-7-17(26)22(19)36(31,32)29-34-2/h3-13,29H,1-2H3,(H,27,30). The van der Waals surface area contributed by atoms with E-state index in [9.17, 15) is 13.2 Å². The molecule has 2 N–H and O–H groups in total. The molecule has 4 rings (SSSR count). The third-order valence-electron chi connectivity index (χ3n) is 4.94. The summed E-state index contributed by atoms with van der Waals surface area (Å²) in [5.74, 6) is -0.118. The number of fused-ring (bicyclic) bond motifs is 1. The minimum Gasteiger partial charge on any atom is -0.493 e. The zero-order chi connectivity index (χ0) is 25.9. The van der Waals surface area contributed by atoms with Crippen molar-refractivity contribution in [1.82, 2.24) is 9.87 Å². The van der Waals surface area contributed by atoms with Crippen molar-refractivity contribution < 1.29 is 27.5 Å². The molecule has 0 atom stereocenters. The topological polar surface area (TPSA) is 116 Å². The Hall–Kier alpha value is -3.41. The second kappa shape index (κ2) is 10.7. The van der Waals surface area contributed by atoms with E-state index in [2.05, 4.69) is 15.1 Å². The summed E-state index contributed by atoms with van der Waals surface area (Å²) < 4.78 is 36.6. The van der Waals surface area contributed by atoms with Gasteiger partial charge in [-0.3, -0.25) is 9.63 Å². The lowest BCUT2D eigenvalue weighted by Crippen LogP contribution is -2.25. The molecule has 0 aliphatic rings. The Morgan fingerprint density at radius 2 is 1.72 bits per heavy atom. The lowest BCUT2D eigenvalue weighted by molar-refractivity contribution is 0.102. The lowest BCUT2D eigenvalue weighted by atomic mass is 10.1. The summed E-state index contributed by atoms with van der Waals surface area (Å²) in [6, 6.07) is 17.7. The largest absolute Gasteiger partial charge is 0.493 e. The van der Waals surface area contributed by atoms with Gasteiger partial charge in [-0.2, -0.15) is 0 Å². The molecule has 0 radical (unpaired) electrons. The zero-order valence-electron chi connectivity index (χ0n) is 18.9. The number of methoxy groups -OCH3 is 1. The normalized spacial score (nSPS) is 11.3. The number of amides is 1. The average Bonchev–Trinajstić information content (AvgIpc) is 2.84. The number of ether oxygens (including phenoxy) is 2. The summed E-state index contributed by atoms with van der Waals surface area (Å²) in [6.07, 6.45) is 0. The van der Waals surface area contributed by atoms with Crippen LogP contribution in [-0.2, 0) is 14.9 Å². The molecule has 0 fully saturated rings. The predicted octanol–water partition coefficient (Wildman–Crippen LogP) is 5.43. The molecule has 0 aliphatic carbocycles. The number of rotatable bonds is 8. The Balaban J connectivity index is 1.80. The van der Waals surface area contributed by atoms with E-state index in [1.165, 1.54) is 25.3 Å². The van der Waals surface area contributed by atoms with Crippen molar-refractivity contribution in [2.24, 2.45) is 0 Å². The molecule has 4 aromatic rings. The monoisotopic (exact) mass is 547 g/mol. The van der Waals surface area contributed by atoms with E-state index in [1.807, 2.05) is 4.89 Å². The Labute approximate surface area is 216 Å². The van der Waals surface area contributed by atoms with Crippen molar-refractivity contribution in [3.8, 4) is 17.4 Å². The molecule has 12 heteroatoms. The van der Waals surface area contributed by atoms with Gasteiger partial charge < -0.3 is 14.8 Å². The van der Waals surface area contributed by atoms with E-state index in [-0.39, 0.29) is 32.8 Å². The number of carbonyl (C=O) groups is 1. The quantitative estimate of drug-likeness (QED) is 0.282. The molecule has 0 aliphatic heterocycles. The van der Waals surface area contributed by atoms with Crippen LogP contribution in [0.2, 0.25) is 10.0 Å². The number of carbonyl (C=O) groups excluding carboxylic acids is 1. The van der Waals surface area contributed by atoms with Gasteiger partial charge in [-0.25, -0.2) is 13.4 Å². The van der Waals surface area contributed by atoms with Crippen molar-refractivity contribution in [3.63, 3.8) is 0 Å². The van der Waals surface area contributed by atoms with E-state index >= 15 is 0 Å². The van der Waals surface area contributed by atoms with E-state index in [0.29, 0.717) is 21.7 Å². The number of nitrogens with zero attached hydrogens (tertiary/aromatic N) is 1. The molecular formula is C24H19Cl2N3O6S. The van der Waals surface area contributed by atoms with Crippen LogP contribution >= 0.6 is 23.2 Å². The maximum Gasteiger partial charge on any atom is 0.266 e. The van der Waals surface area contributed by atoms with Crippen molar-refractivity contribution in [2.75, 3.05) is 19.5 Å². The van der Waals surface area contributed by atoms with Crippen LogP contribution in [0.4, 0.5) is 5.69 Å². The number of para-hydroxylation sites is 1. The Morgan fingerprint density at radius 3 is 2.47 bits per heavy atom. The number of benzene rings is 3. The van der Waals surface area contributed by atoms with Crippen LogP contribution in [0.15, 0.2) is 71.6 Å². The highest BCUT2D eigenvalue weighted by atomic mass is 35.5. The van der Waals surface area contributed by atoms with Gasteiger partial charge in [0.2, 0.25) is 5.88 Å². The second-order valence-electron chi connectivity index (χ2n) is 7.29. The molecule has 0 saturated heterocycles. The van der Waals surface area contributed by atoms with Gasteiger partial charge in [0.15, 0.2) is 11.5 Å². The van der Waals surface area contributed by atoms with Crippen molar-refractivity contribution in [2.45, 2.75) is 4.90 Å². The molecule has 1 aromatic heterocycles. The predicted molar refractivity (Wildman–Crippen MR) is 137 cm³/mol. The number of aromatic nitrogens is 1. The highest BCUT2D eigenvalue weighted by molar-refractivity contribution is 7.89. The Morgan fingerprint density at radius 1 is 0.944 bits per heavy atom. The molecule has 186 valence electrons. The van der Waals surface area contributed by atoms with Crippen LogP contribution in [-0.4, -0.2) is 33.5 Å². The van der Waals surface area contributed by atoms with Crippen molar-refractivity contribution >= 4 is 55.7 Å². The molecular weight excluding hydrogens is 529 g/mol. The van der Waals surface area contributed by atoms with Gasteiger partial charge in [0.25, 0.3) is 15.9 Å². The van der Waals surface area contributed by atoms with Crippen molar-refractivity contribution in [3.05, 3.63) is 82.3 Å². The fourth-order valence-corrected chi connectivity index (χ4v) is 5.07. The van der Waals surface area contributed by atoms with Crippen molar-refractivity contribution in [1.29, 1.82) is 0 Å². The first-order valence-electron chi connectivity index (χ1n) is 10.3. The summed E-state index contributed by atoms with van der Waals surface area (Å²) in [6.45, 7) is 0. The first kappa shape index (κ1) is 25.7. The number of hydrogen-bond acceptors (Lipinski definition) is 7. The molecule has 0 saturated carbocycles. The fraction of sp³-hybridized carbons (Fsp3) is 0.0833. The van der Waals surface area contributed by atoms with E-state index in [4.69, 9.17) is 32.7 Å². The summed E-state index contributed by atoms with van der Waals surface area (Å²) >= 11 is 12.2. The van der Waals surface area contributed by atoms with Crippen LogP contribution in [0.3, 0.4) is 0 Å². The molecule has 0 unspecified atom stereocenters. The highest BCUT2D eigenvalue weighted by Gasteiger charge is 2.25.